The molecular weight excluding hydrogens is 420 g/mol. The van der Waals surface area contributed by atoms with Crippen molar-refractivity contribution in [3.63, 3.8) is 0 Å². The zero-order valence-electron chi connectivity index (χ0n) is 26.2. The van der Waals surface area contributed by atoms with E-state index in [0.717, 1.165) is 6.42 Å². The van der Waals surface area contributed by atoms with Crippen LogP contribution in [0.25, 0.3) is 0 Å². The van der Waals surface area contributed by atoms with Gasteiger partial charge in [-0.25, -0.2) is 0 Å². The van der Waals surface area contributed by atoms with E-state index in [0.29, 0.717) is 5.92 Å². The first-order valence-corrected chi connectivity index (χ1v) is 13.8. The monoisotopic (exact) mass is 476 g/mol. The summed E-state index contributed by atoms with van der Waals surface area (Å²) in [5.74, 6) is 0.352. The van der Waals surface area contributed by atoms with Crippen molar-refractivity contribution in [1.82, 2.24) is 0 Å². The third-order valence-corrected chi connectivity index (χ3v) is 7.44. The van der Waals surface area contributed by atoms with Gasteiger partial charge in [-0.1, -0.05) is 141 Å². The van der Waals surface area contributed by atoms with Crippen molar-refractivity contribution in [2.75, 3.05) is 0 Å². The largest absolute Gasteiger partial charge is 0.0645 e. The van der Waals surface area contributed by atoms with E-state index < -0.39 is 0 Å². The second-order valence-corrected chi connectivity index (χ2v) is 15.9. The highest BCUT2D eigenvalue weighted by atomic mass is 14.4. The average Bonchev–Trinajstić information content (AvgIpc) is 2.64. The Morgan fingerprint density at radius 3 is 1.11 bits per heavy atom. The molecule has 0 aromatic heterocycles. The summed E-state index contributed by atoms with van der Waals surface area (Å²) < 4.78 is 0. The van der Waals surface area contributed by atoms with Gasteiger partial charge in [0.1, 0.15) is 0 Å². The van der Waals surface area contributed by atoms with Crippen LogP contribution in [-0.2, 0) is 27.1 Å². The number of hydrogen-bond acceptors (Lipinski definition) is 0. The molecule has 196 valence electrons. The highest BCUT2D eigenvalue weighted by Gasteiger charge is 2.37. The smallest absolute Gasteiger partial charge is 0.00985 e. The molecule has 2 aromatic carbocycles. The van der Waals surface area contributed by atoms with Crippen molar-refractivity contribution in [3.8, 4) is 0 Å². The molecule has 0 aliphatic carbocycles. The Morgan fingerprint density at radius 1 is 0.457 bits per heavy atom. The Labute approximate surface area is 219 Å². The number of benzene rings is 2. The van der Waals surface area contributed by atoms with Gasteiger partial charge in [-0.3, -0.25) is 0 Å². The van der Waals surface area contributed by atoms with Crippen LogP contribution in [0.3, 0.4) is 0 Å². The van der Waals surface area contributed by atoms with E-state index in [4.69, 9.17) is 0 Å². The molecule has 0 aliphatic heterocycles. The molecule has 0 fully saturated rings. The van der Waals surface area contributed by atoms with E-state index in [1.807, 2.05) is 0 Å². The molecule has 0 spiro atoms. The van der Waals surface area contributed by atoms with E-state index in [2.05, 4.69) is 141 Å². The topological polar surface area (TPSA) is 0 Å². The third kappa shape index (κ3) is 6.23. The molecule has 0 heteroatoms. The number of hydrogen-bond donors (Lipinski definition) is 0. The van der Waals surface area contributed by atoms with Gasteiger partial charge in [-0.15, -0.1) is 0 Å². The van der Waals surface area contributed by atoms with Crippen molar-refractivity contribution in [3.05, 3.63) is 69.3 Å². The van der Waals surface area contributed by atoms with Gasteiger partial charge in [0.2, 0.25) is 0 Å². The molecule has 0 radical (unpaired) electrons. The van der Waals surface area contributed by atoms with Gasteiger partial charge in [0.15, 0.2) is 0 Å². The summed E-state index contributed by atoms with van der Waals surface area (Å²) in [5.41, 5.74) is 11.1. The molecule has 35 heavy (non-hydrogen) atoms. The van der Waals surface area contributed by atoms with Gasteiger partial charge < -0.3 is 0 Å². The first-order chi connectivity index (χ1) is 15.5. The van der Waals surface area contributed by atoms with Gasteiger partial charge in [0.05, 0.1) is 0 Å². The lowest BCUT2D eigenvalue weighted by atomic mass is 9.63. The lowest BCUT2D eigenvalue weighted by molar-refractivity contribution is 0.500. The fourth-order valence-electron chi connectivity index (χ4n) is 5.87. The summed E-state index contributed by atoms with van der Waals surface area (Å²) in [4.78, 5) is 0. The van der Waals surface area contributed by atoms with Gasteiger partial charge in [0.25, 0.3) is 0 Å². The zero-order valence-corrected chi connectivity index (χ0v) is 26.2. The molecule has 2 rings (SSSR count). The van der Waals surface area contributed by atoms with E-state index >= 15 is 0 Å². The molecule has 0 heterocycles. The first kappa shape index (κ1) is 29.7. The minimum atomic E-state index is 0.0468. The second-order valence-electron chi connectivity index (χ2n) is 15.9. The normalized spacial score (nSPS) is 14.9. The third-order valence-electron chi connectivity index (χ3n) is 7.44. The Hall–Kier alpha value is -1.56. The Balaban J connectivity index is 3.24. The van der Waals surface area contributed by atoms with E-state index in [1.165, 1.54) is 22.3 Å². The van der Waals surface area contributed by atoms with Crippen LogP contribution in [0, 0.1) is 0 Å². The molecule has 1 unspecified atom stereocenters. The Morgan fingerprint density at radius 2 is 0.800 bits per heavy atom. The maximum atomic E-state index is 2.46. The molecular formula is C35H56. The summed E-state index contributed by atoms with van der Waals surface area (Å²) in [5, 5.41) is 0. The van der Waals surface area contributed by atoms with Crippen molar-refractivity contribution in [2.45, 2.75) is 150 Å². The maximum absolute atomic E-state index is 2.46. The van der Waals surface area contributed by atoms with Crippen molar-refractivity contribution < 1.29 is 0 Å². The summed E-state index contributed by atoms with van der Waals surface area (Å²) in [6, 6.07) is 12.0. The zero-order chi connectivity index (χ0) is 27.4. The molecule has 0 saturated carbocycles. The van der Waals surface area contributed by atoms with Crippen LogP contribution in [0.2, 0.25) is 0 Å². The van der Waals surface area contributed by atoms with E-state index in [1.54, 1.807) is 16.7 Å². The van der Waals surface area contributed by atoms with Crippen LogP contribution >= 0.6 is 0 Å². The second kappa shape index (κ2) is 9.39. The van der Waals surface area contributed by atoms with Crippen LogP contribution in [0.4, 0.5) is 0 Å². The molecule has 2 aromatic rings. The Bertz CT molecular complexity index is 996. The molecule has 0 nitrogen and oxygen atoms in total. The highest BCUT2D eigenvalue weighted by Crippen LogP contribution is 2.49. The highest BCUT2D eigenvalue weighted by molar-refractivity contribution is 5.57. The summed E-state index contributed by atoms with van der Waals surface area (Å²) in [7, 11) is 0. The minimum absolute atomic E-state index is 0.0468. The van der Waals surface area contributed by atoms with E-state index in [9.17, 15) is 0 Å². The van der Waals surface area contributed by atoms with Crippen molar-refractivity contribution in [1.29, 1.82) is 0 Å². The SMILES string of the molecule is CCC(c1c(C(C)(C)C)cccc1C(C)(C)C)c1c(C(C)(C)C)ccc(C(C)(C)C)c1C(C)(C)C. The van der Waals surface area contributed by atoms with Crippen LogP contribution in [-0.4, -0.2) is 0 Å². The maximum Gasteiger partial charge on any atom is 0.00985 e. The van der Waals surface area contributed by atoms with Gasteiger partial charge >= 0.3 is 0 Å². The van der Waals surface area contributed by atoms with E-state index in [-0.39, 0.29) is 27.1 Å². The lowest BCUT2D eigenvalue weighted by Crippen LogP contribution is -2.30. The van der Waals surface area contributed by atoms with Crippen molar-refractivity contribution >= 4 is 0 Å². The molecule has 0 aliphatic rings. The summed E-state index contributed by atoms with van der Waals surface area (Å²) in [6.07, 6.45) is 1.09. The lowest BCUT2D eigenvalue weighted by Gasteiger charge is -2.41. The molecule has 0 amide bonds. The van der Waals surface area contributed by atoms with Crippen LogP contribution in [0.15, 0.2) is 30.3 Å². The predicted octanol–water partition coefficient (Wildman–Crippen LogP) is 10.7. The standard InChI is InChI=1S/C35H56/c1-17-23(28-24(31(2,3)4)19-18-20-25(28)32(5,6)7)29-26(33(8,9)10)21-22-27(34(11,12)13)30(29)35(14,15)16/h18-23H,17H2,1-16H3. The van der Waals surface area contributed by atoms with Gasteiger partial charge in [-0.2, -0.15) is 0 Å². The predicted molar refractivity (Wildman–Crippen MR) is 159 cm³/mol. The Kier molecular flexibility index (Phi) is 7.96. The summed E-state index contributed by atoms with van der Waals surface area (Å²) in [6.45, 7) is 38.2. The fraction of sp³-hybridized carbons (Fsp3) is 0.657. The van der Waals surface area contributed by atoms with Crippen LogP contribution < -0.4 is 0 Å². The van der Waals surface area contributed by atoms with Crippen molar-refractivity contribution in [2.24, 2.45) is 0 Å². The molecule has 0 saturated heterocycles. The minimum Gasteiger partial charge on any atom is -0.0645 e. The number of rotatable bonds is 3. The first-order valence-electron chi connectivity index (χ1n) is 13.8. The summed E-state index contributed by atoms with van der Waals surface area (Å²) >= 11 is 0. The quantitative estimate of drug-likeness (QED) is 0.413. The molecule has 0 N–H and O–H groups in total. The molecule has 1 atom stereocenters. The van der Waals surface area contributed by atoms with Gasteiger partial charge in [-0.05, 0) is 72.4 Å². The van der Waals surface area contributed by atoms with Gasteiger partial charge in [0, 0.05) is 5.92 Å². The average molecular weight is 477 g/mol. The van der Waals surface area contributed by atoms with Crippen LogP contribution in [0.1, 0.15) is 162 Å². The fourth-order valence-corrected chi connectivity index (χ4v) is 5.87. The molecule has 0 bridgehead atoms. The van der Waals surface area contributed by atoms with Crippen LogP contribution in [0.5, 0.6) is 0 Å².